The van der Waals surface area contributed by atoms with Gasteiger partial charge in [-0.05, 0) is 32.1 Å². The highest BCUT2D eigenvalue weighted by Gasteiger charge is 2.20. The van der Waals surface area contributed by atoms with Crippen LogP contribution in [0.25, 0.3) is 0 Å². The molecular formula is C10H21F. The maximum atomic E-state index is 13.3. The Labute approximate surface area is 70.2 Å². The first-order chi connectivity index (χ1) is 5.02. The Morgan fingerprint density at radius 2 is 1.91 bits per heavy atom. The van der Waals surface area contributed by atoms with Gasteiger partial charge < -0.3 is 0 Å². The Morgan fingerprint density at radius 1 is 1.36 bits per heavy atom. The van der Waals surface area contributed by atoms with Crippen molar-refractivity contribution in [1.82, 2.24) is 0 Å². The third kappa shape index (κ3) is 5.23. The van der Waals surface area contributed by atoms with Gasteiger partial charge in [-0.25, -0.2) is 4.39 Å². The van der Waals surface area contributed by atoms with Crippen LogP contribution in [0, 0.1) is 5.92 Å². The summed E-state index contributed by atoms with van der Waals surface area (Å²) in [6.45, 7) is 7.96. The van der Waals surface area contributed by atoms with Crippen LogP contribution >= 0.6 is 0 Å². The van der Waals surface area contributed by atoms with Crippen LogP contribution < -0.4 is 0 Å². The molecule has 1 heteroatoms. The van der Waals surface area contributed by atoms with Crippen molar-refractivity contribution in [2.75, 3.05) is 0 Å². The average molecular weight is 160 g/mol. The van der Waals surface area contributed by atoms with Gasteiger partial charge in [0.1, 0.15) is 5.67 Å². The van der Waals surface area contributed by atoms with Crippen molar-refractivity contribution in [3.8, 4) is 0 Å². The van der Waals surface area contributed by atoms with Gasteiger partial charge in [-0.1, -0.05) is 27.2 Å². The average Bonchev–Trinajstić information content (AvgIpc) is 2.00. The highest BCUT2D eigenvalue weighted by molar-refractivity contribution is 4.71. The molecule has 0 bridgehead atoms. The van der Waals surface area contributed by atoms with Crippen molar-refractivity contribution in [2.24, 2.45) is 5.92 Å². The van der Waals surface area contributed by atoms with Gasteiger partial charge in [0.25, 0.3) is 0 Å². The maximum Gasteiger partial charge on any atom is 0.108 e. The number of alkyl halides is 1. The Bertz CT molecular complexity index is 97.0. The van der Waals surface area contributed by atoms with Gasteiger partial charge in [0, 0.05) is 0 Å². The molecule has 2 atom stereocenters. The van der Waals surface area contributed by atoms with Gasteiger partial charge in [0.2, 0.25) is 0 Å². The fourth-order valence-corrected chi connectivity index (χ4v) is 0.928. The van der Waals surface area contributed by atoms with Crippen molar-refractivity contribution in [3.63, 3.8) is 0 Å². The van der Waals surface area contributed by atoms with Crippen molar-refractivity contribution in [2.45, 2.75) is 59.0 Å². The molecule has 0 amide bonds. The van der Waals surface area contributed by atoms with Crippen LogP contribution in [-0.4, -0.2) is 5.67 Å². The molecule has 0 heterocycles. The summed E-state index contributed by atoms with van der Waals surface area (Å²) in [6, 6.07) is 0. The van der Waals surface area contributed by atoms with Crippen LogP contribution in [0.1, 0.15) is 53.4 Å². The molecule has 11 heavy (non-hydrogen) atoms. The second-order valence-corrected chi connectivity index (χ2v) is 3.82. The molecule has 0 aromatic carbocycles. The summed E-state index contributed by atoms with van der Waals surface area (Å²) in [5.41, 5.74) is -0.927. The minimum Gasteiger partial charge on any atom is -0.244 e. The second kappa shape index (κ2) is 4.74. The molecule has 0 rings (SSSR count). The third-order valence-corrected chi connectivity index (χ3v) is 2.59. The summed E-state index contributed by atoms with van der Waals surface area (Å²) in [6.07, 6.45) is 3.55. The Morgan fingerprint density at radius 3 is 2.27 bits per heavy atom. The Kier molecular flexibility index (Phi) is 4.71. The van der Waals surface area contributed by atoms with E-state index in [4.69, 9.17) is 0 Å². The van der Waals surface area contributed by atoms with Crippen molar-refractivity contribution >= 4 is 0 Å². The minimum atomic E-state index is -0.927. The van der Waals surface area contributed by atoms with E-state index in [0.29, 0.717) is 12.3 Å². The standard InChI is InChI=1S/C10H21F/c1-5-9(3)7-8-10(4,11)6-2/h9H,5-8H2,1-4H3. The largest absolute Gasteiger partial charge is 0.244 e. The first-order valence-electron chi connectivity index (χ1n) is 4.70. The first-order valence-corrected chi connectivity index (χ1v) is 4.70. The molecule has 0 aromatic rings. The maximum absolute atomic E-state index is 13.3. The quantitative estimate of drug-likeness (QED) is 0.571. The van der Waals surface area contributed by atoms with Crippen LogP contribution in [0.2, 0.25) is 0 Å². The van der Waals surface area contributed by atoms with Crippen LogP contribution in [0.5, 0.6) is 0 Å². The molecule has 0 saturated heterocycles. The van der Waals surface area contributed by atoms with Crippen molar-refractivity contribution < 1.29 is 4.39 Å². The van der Waals surface area contributed by atoms with E-state index in [1.165, 1.54) is 6.42 Å². The monoisotopic (exact) mass is 160 g/mol. The Balaban J connectivity index is 3.52. The molecule has 68 valence electrons. The zero-order valence-corrected chi connectivity index (χ0v) is 8.28. The molecule has 0 spiro atoms. The number of hydrogen-bond acceptors (Lipinski definition) is 0. The first kappa shape index (κ1) is 10.9. The van der Waals surface area contributed by atoms with E-state index in [1.807, 2.05) is 6.92 Å². The van der Waals surface area contributed by atoms with Gasteiger partial charge in [-0.15, -0.1) is 0 Å². The molecule has 0 aliphatic heterocycles. The van der Waals surface area contributed by atoms with Crippen molar-refractivity contribution in [3.05, 3.63) is 0 Å². The molecule has 0 fully saturated rings. The topological polar surface area (TPSA) is 0 Å². The molecule has 0 aliphatic carbocycles. The lowest BCUT2D eigenvalue weighted by atomic mass is 9.93. The van der Waals surface area contributed by atoms with E-state index in [0.717, 1.165) is 12.8 Å². The fourth-order valence-electron chi connectivity index (χ4n) is 0.928. The lowest BCUT2D eigenvalue weighted by Gasteiger charge is -2.19. The van der Waals surface area contributed by atoms with E-state index >= 15 is 0 Å². The summed E-state index contributed by atoms with van der Waals surface area (Å²) in [7, 11) is 0. The van der Waals surface area contributed by atoms with Gasteiger partial charge in [0.05, 0.1) is 0 Å². The summed E-state index contributed by atoms with van der Waals surface area (Å²) in [4.78, 5) is 0. The summed E-state index contributed by atoms with van der Waals surface area (Å²) < 4.78 is 13.3. The molecule has 0 aliphatic rings. The highest BCUT2D eigenvalue weighted by Crippen LogP contribution is 2.24. The lowest BCUT2D eigenvalue weighted by Crippen LogP contribution is -2.17. The van der Waals surface area contributed by atoms with Crippen LogP contribution in [0.15, 0.2) is 0 Å². The fraction of sp³-hybridized carbons (Fsp3) is 1.00. The molecular weight excluding hydrogens is 139 g/mol. The highest BCUT2D eigenvalue weighted by atomic mass is 19.1. The van der Waals surface area contributed by atoms with Crippen LogP contribution in [-0.2, 0) is 0 Å². The van der Waals surface area contributed by atoms with Gasteiger partial charge >= 0.3 is 0 Å². The molecule has 0 aromatic heterocycles. The van der Waals surface area contributed by atoms with Crippen LogP contribution in [0.4, 0.5) is 4.39 Å². The molecule has 0 nitrogen and oxygen atoms in total. The number of hydrogen-bond donors (Lipinski definition) is 0. The lowest BCUT2D eigenvalue weighted by molar-refractivity contribution is 0.156. The van der Waals surface area contributed by atoms with Crippen molar-refractivity contribution in [1.29, 1.82) is 0 Å². The second-order valence-electron chi connectivity index (χ2n) is 3.82. The predicted molar refractivity (Wildman–Crippen MR) is 48.5 cm³/mol. The van der Waals surface area contributed by atoms with E-state index in [2.05, 4.69) is 13.8 Å². The smallest absolute Gasteiger partial charge is 0.108 e. The summed E-state index contributed by atoms with van der Waals surface area (Å²) >= 11 is 0. The van der Waals surface area contributed by atoms with Crippen LogP contribution in [0.3, 0.4) is 0 Å². The SMILES string of the molecule is CCC(C)CCC(C)(F)CC. The predicted octanol–water partition coefficient (Wildman–Crippen LogP) is 3.95. The van der Waals surface area contributed by atoms with E-state index < -0.39 is 5.67 Å². The molecule has 0 radical (unpaired) electrons. The third-order valence-electron chi connectivity index (χ3n) is 2.59. The van der Waals surface area contributed by atoms with Gasteiger partial charge in [-0.2, -0.15) is 0 Å². The Hall–Kier alpha value is -0.0700. The number of rotatable bonds is 5. The van der Waals surface area contributed by atoms with E-state index in [1.54, 1.807) is 6.92 Å². The molecule has 0 saturated carbocycles. The zero-order valence-electron chi connectivity index (χ0n) is 8.28. The summed E-state index contributed by atoms with van der Waals surface area (Å²) in [5.74, 6) is 0.677. The zero-order chi connectivity index (χ0) is 8.91. The number of halogens is 1. The molecule has 0 N–H and O–H groups in total. The normalized spacial score (nSPS) is 19.4. The molecule has 2 unspecified atom stereocenters. The van der Waals surface area contributed by atoms with E-state index in [-0.39, 0.29) is 0 Å². The van der Waals surface area contributed by atoms with Gasteiger partial charge in [0.15, 0.2) is 0 Å². The van der Waals surface area contributed by atoms with Gasteiger partial charge in [-0.3, -0.25) is 0 Å². The summed E-state index contributed by atoms with van der Waals surface area (Å²) in [5, 5.41) is 0. The van der Waals surface area contributed by atoms with E-state index in [9.17, 15) is 4.39 Å². The minimum absolute atomic E-state index is 0.642.